The number of ether oxygens (including phenoxy) is 1. The molecular formula is C17H26N2O. The number of anilines is 1. The Bertz CT molecular complexity index is 417. The van der Waals surface area contributed by atoms with E-state index >= 15 is 0 Å². The molecular weight excluding hydrogens is 248 g/mol. The highest BCUT2D eigenvalue weighted by atomic mass is 16.5. The second-order valence-electron chi connectivity index (χ2n) is 5.95. The summed E-state index contributed by atoms with van der Waals surface area (Å²) in [7, 11) is 0. The van der Waals surface area contributed by atoms with Crippen molar-refractivity contribution in [1.29, 1.82) is 0 Å². The molecule has 3 heteroatoms. The lowest BCUT2D eigenvalue weighted by Gasteiger charge is -2.41. The fourth-order valence-electron chi connectivity index (χ4n) is 3.94. The van der Waals surface area contributed by atoms with Gasteiger partial charge in [0, 0.05) is 23.8 Å². The van der Waals surface area contributed by atoms with Crippen LogP contribution >= 0.6 is 0 Å². The summed E-state index contributed by atoms with van der Waals surface area (Å²) in [4.78, 5) is 2.66. The smallest absolute Gasteiger partial charge is 0.119 e. The van der Waals surface area contributed by atoms with Crippen molar-refractivity contribution in [2.75, 3.05) is 18.1 Å². The van der Waals surface area contributed by atoms with Gasteiger partial charge in [-0.05, 0) is 63.4 Å². The standard InChI is InChI=1S/C17H26N2O/c1-3-18-13-11-15-5-6-16(12-13)19(15)14-7-9-17(10-8-14)20-4-2/h7-10,13,15-16,18H,3-6,11-12H2,1-2H3. The summed E-state index contributed by atoms with van der Waals surface area (Å²) >= 11 is 0. The molecule has 0 saturated carbocycles. The van der Waals surface area contributed by atoms with Crippen molar-refractivity contribution in [3.05, 3.63) is 24.3 Å². The maximum Gasteiger partial charge on any atom is 0.119 e. The molecule has 2 atom stereocenters. The molecule has 0 spiro atoms. The van der Waals surface area contributed by atoms with Crippen molar-refractivity contribution >= 4 is 5.69 Å². The number of nitrogens with zero attached hydrogens (tertiary/aromatic N) is 1. The van der Waals surface area contributed by atoms with E-state index in [9.17, 15) is 0 Å². The van der Waals surface area contributed by atoms with Gasteiger partial charge in [0.1, 0.15) is 5.75 Å². The molecule has 2 saturated heterocycles. The fraction of sp³-hybridized carbons (Fsp3) is 0.647. The van der Waals surface area contributed by atoms with Gasteiger partial charge in [-0.15, -0.1) is 0 Å². The lowest BCUT2D eigenvalue weighted by Crippen LogP contribution is -2.49. The summed E-state index contributed by atoms with van der Waals surface area (Å²) in [6.45, 7) is 6.06. The zero-order valence-corrected chi connectivity index (χ0v) is 12.6. The van der Waals surface area contributed by atoms with Crippen molar-refractivity contribution in [1.82, 2.24) is 5.32 Å². The largest absolute Gasteiger partial charge is 0.494 e. The summed E-state index contributed by atoms with van der Waals surface area (Å²) in [5.74, 6) is 0.978. The van der Waals surface area contributed by atoms with Crippen LogP contribution in [-0.2, 0) is 0 Å². The zero-order valence-electron chi connectivity index (χ0n) is 12.6. The maximum absolute atomic E-state index is 5.54. The summed E-state index contributed by atoms with van der Waals surface area (Å²) in [6, 6.07) is 10.8. The molecule has 3 rings (SSSR count). The normalized spacial score (nSPS) is 28.7. The van der Waals surface area contributed by atoms with Crippen molar-refractivity contribution < 1.29 is 4.74 Å². The van der Waals surface area contributed by atoms with Gasteiger partial charge in [-0.2, -0.15) is 0 Å². The third-order valence-corrected chi connectivity index (χ3v) is 4.67. The van der Waals surface area contributed by atoms with Gasteiger partial charge in [0.05, 0.1) is 6.61 Å². The number of hydrogen-bond acceptors (Lipinski definition) is 3. The van der Waals surface area contributed by atoms with E-state index in [1.54, 1.807) is 0 Å². The van der Waals surface area contributed by atoms with E-state index < -0.39 is 0 Å². The molecule has 2 aliphatic heterocycles. The molecule has 1 aromatic carbocycles. The Morgan fingerprint density at radius 2 is 1.75 bits per heavy atom. The molecule has 0 aromatic heterocycles. The number of benzene rings is 1. The minimum absolute atomic E-state index is 0.718. The van der Waals surface area contributed by atoms with Crippen LogP contribution in [0.3, 0.4) is 0 Å². The Hall–Kier alpha value is -1.22. The molecule has 110 valence electrons. The molecule has 2 bridgehead atoms. The van der Waals surface area contributed by atoms with Crippen LogP contribution in [-0.4, -0.2) is 31.3 Å². The molecule has 0 radical (unpaired) electrons. The van der Waals surface area contributed by atoms with Crippen LogP contribution in [0.1, 0.15) is 39.5 Å². The fourth-order valence-corrected chi connectivity index (χ4v) is 3.94. The quantitative estimate of drug-likeness (QED) is 0.892. The van der Waals surface area contributed by atoms with E-state index in [1.807, 2.05) is 6.92 Å². The first-order chi connectivity index (χ1) is 9.81. The predicted molar refractivity (Wildman–Crippen MR) is 83.6 cm³/mol. The highest BCUT2D eigenvalue weighted by Gasteiger charge is 2.40. The van der Waals surface area contributed by atoms with Crippen molar-refractivity contribution in [3.8, 4) is 5.75 Å². The van der Waals surface area contributed by atoms with Crippen LogP contribution in [0.25, 0.3) is 0 Å². The summed E-state index contributed by atoms with van der Waals surface area (Å²) in [5.41, 5.74) is 1.37. The molecule has 0 amide bonds. The molecule has 2 fully saturated rings. The topological polar surface area (TPSA) is 24.5 Å². The Morgan fingerprint density at radius 1 is 1.10 bits per heavy atom. The van der Waals surface area contributed by atoms with Crippen molar-refractivity contribution in [3.63, 3.8) is 0 Å². The average molecular weight is 274 g/mol. The highest BCUT2D eigenvalue weighted by molar-refractivity contribution is 5.52. The number of rotatable bonds is 5. The minimum Gasteiger partial charge on any atom is -0.494 e. The first-order valence-electron chi connectivity index (χ1n) is 8.06. The second-order valence-corrected chi connectivity index (χ2v) is 5.95. The van der Waals surface area contributed by atoms with Gasteiger partial charge in [0.2, 0.25) is 0 Å². The Balaban J connectivity index is 1.71. The maximum atomic E-state index is 5.54. The van der Waals surface area contributed by atoms with E-state index in [0.29, 0.717) is 0 Å². The summed E-state index contributed by atoms with van der Waals surface area (Å²) < 4.78 is 5.54. The third-order valence-electron chi connectivity index (χ3n) is 4.67. The summed E-state index contributed by atoms with van der Waals surface area (Å²) in [6.07, 6.45) is 5.27. The van der Waals surface area contributed by atoms with Crippen LogP contribution < -0.4 is 15.0 Å². The molecule has 2 aliphatic rings. The molecule has 1 N–H and O–H groups in total. The first-order valence-corrected chi connectivity index (χ1v) is 8.06. The number of nitrogens with one attached hydrogen (secondary N) is 1. The number of piperidine rings is 1. The van der Waals surface area contributed by atoms with E-state index in [-0.39, 0.29) is 0 Å². The van der Waals surface area contributed by atoms with Gasteiger partial charge in [0.15, 0.2) is 0 Å². The van der Waals surface area contributed by atoms with E-state index in [4.69, 9.17) is 4.74 Å². The van der Waals surface area contributed by atoms with E-state index in [1.165, 1.54) is 31.4 Å². The second kappa shape index (κ2) is 6.04. The molecule has 3 nitrogen and oxygen atoms in total. The van der Waals surface area contributed by atoms with Gasteiger partial charge in [-0.1, -0.05) is 6.92 Å². The van der Waals surface area contributed by atoms with Gasteiger partial charge in [0.25, 0.3) is 0 Å². The van der Waals surface area contributed by atoms with Gasteiger partial charge in [-0.3, -0.25) is 0 Å². The van der Waals surface area contributed by atoms with Crippen LogP contribution in [0.5, 0.6) is 5.75 Å². The van der Waals surface area contributed by atoms with Gasteiger partial charge in [-0.25, -0.2) is 0 Å². The third kappa shape index (κ3) is 2.64. The lowest BCUT2D eigenvalue weighted by molar-refractivity contribution is 0.340. The number of fused-ring (bicyclic) bond motifs is 2. The van der Waals surface area contributed by atoms with Crippen LogP contribution in [0.15, 0.2) is 24.3 Å². The SMILES string of the molecule is CCNC1CC2CCC(C1)N2c1ccc(OCC)cc1. The van der Waals surface area contributed by atoms with E-state index in [0.717, 1.165) is 37.0 Å². The van der Waals surface area contributed by atoms with Crippen LogP contribution in [0, 0.1) is 0 Å². The predicted octanol–water partition coefficient (Wildman–Crippen LogP) is 3.19. The first kappa shape index (κ1) is 13.7. The zero-order chi connectivity index (χ0) is 13.9. The molecule has 2 heterocycles. The van der Waals surface area contributed by atoms with Crippen molar-refractivity contribution in [2.24, 2.45) is 0 Å². The molecule has 20 heavy (non-hydrogen) atoms. The monoisotopic (exact) mass is 274 g/mol. The Morgan fingerprint density at radius 3 is 2.30 bits per heavy atom. The molecule has 0 aliphatic carbocycles. The molecule has 1 aromatic rings. The van der Waals surface area contributed by atoms with Crippen LogP contribution in [0.2, 0.25) is 0 Å². The van der Waals surface area contributed by atoms with Crippen LogP contribution in [0.4, 0.5) is 5.69 Å². The number of hydrogen-bond donors (Lipinski definition) is 1. The molecule has 2 unspecified atom stereocenters. The Kier molecular flexibility index (Phi) is 4.16. The summed E-state index contributed by atoms with van der Waals surface area (Å²) in [5, 5.41) is 3.64. The lowest BCUT2D eigenvalue weighted by atomic mass is 9.96. The van der Waals surface area contributed by atoms with Gasteiger partial charge < -0.3 is 15.0 Å². The minimum atomic E-state index is 0.718. The average Bonchev–Trinajstić information content (AvgIpc) is 2.72. The Labute approximate surface area is 122 Å². The van der Waals surface area contributed by atoms with E-state index in [2.05, 4.69) is 41.4 Å². The van der Waals surface area contributed by atoms with Crippen molar-refractivity contribution in [2.45, 2.75) is 57.7 Å². The highest BCUT2D eigenvalue weighted by Crippen LogP contribution is 2.39. The van der Waals surface area contributed by atoms with Gasteiger partial charge >= 0.3 is 0 Å².